The normalized spacial score (nSPS) is 10.5. The highest BCUT2D eigenvalue weighted by molar-refractivity contribution is 5.79. The summed E-state index contributed by atoms with van der Waals surface area (Å²) < 4.78 is 5.45. The largest absolute Gasteiger partial charge is 0.494 e. The summed E-state index contributed by atoms with van der Waals surface area (Å²) in [5.41, 5.74) is 2.91. The van der Waals surface area contributed by atoms with Crippen molar-refractivity contribution in [1.29, 1.82) is 0 Å². The Morgan fingerprint density at radius 1 is 1.40 bits per heavy atom. The molecule has 0 saturated heterocycles. The number of hydrogen-bond donors (Lipinski definition) is 0. The molecule has 0 aliphatic carbocycles. The lowest BCUT2D eigenvalue weighted by molar-refractivity contribution is 0.112. The number of aldehydes is 1. The lowest BCUT2D eigenvalue weighted by Crippen LogP contribution is -2.00. The van der Waals surface area contributed by atoms with Crippen molar-refractivity contribution in [3.63, 3.8) is 0 Å². The predicted octanol–water partition coefficient (Wildman–Crippen LogP) is 3.33. The van der Waals surface area contributed by atoms with Gasteiger partial charge in [-0.3, -0.25) is 4.79 Å². The molecule has 82 valence electrons. The van der Waals surface area contributed by atoms with Crippen molar-refractivity contribution in [2.75, 3.05) is 6.61 Å². The zero-order chi connectivity index (χ0) is 11.4. The van der Waals surface area contributed by atoms with E-state index in [4.69, 9.17) is 4.74 Å². The molecule has 0 spiro atoms. The van der Waals surface area contributed by atoms with Crippen LogP contribution in [-0.2, 0) is 0 Å². The average Bonchev–Trinajstić information content (AvgIpc) is 2.20. The van der Waals surface area contributed by atoms with Crippen molar-refractivity contribution in [1.82, 2.24) is 0 Å². The highest BCUT2D eigenvalue weighted by atomic mass is 16.5. The SMILES string of the molecule is CCOc1cc(C=O)c(C(C)C)cc1C. The van der Waals surface area contributed by atoms with Gasteiger partial charge in [0, 0.05) is 5.56 Å². The fourth-order valence-electron chi connectivity index (χ4n) is 1.64. The minimum Gasteiger partial charge on any atom is -0.494 e. The van der Waals surface area contributed by atoms with E-state index in [0.29, 0.717) is 12.5 Å². The van der Waals surface area contributed by atoms with Gasteiger partial charge in [0.25, 0.3) is 0 Å². The molecule has 15 heavy (non-hydrogen) atoms. The number of rotatable bonds is 4. The van der Waals surface area contributed by atoms with E-state index >= 15 is 0 Å². The molecule has 1 rings (SSSR count). The average molecular weight is 206 g/mol. The van der Waals surface area contributed by atoms with Crippen LogP contribution in [0.1, 0.15) is 48.2 Å². The molecule has 0 heterocycles. The van der Waals surface area contributed by atoms with Gasteiger partial charge in [0.1, 0.15) is 12.0 Å². The molecule has 0 atom stereocenters. The second-order valence-corrected chi connectivity index (χ2v) is 3.95. The highest BCUT2D eigenvalue weighted by Crippen LogP contribution is 2.27. The van der Waals surface area contributed by atoms with Crippen molar-refractivity contribution >= 4 is 6.29 Å². The summed E-state index contributed by atoms with van der Waals surface area (Å²) in [6.45, 7) is 8.74. The predicted molar refractivity (Wildman–Crippen MR) is 61.8 cm³/mol. The number of ether oxygens (including phenoxy) is 1. The van der Waals surface area contributed by atoms with Gasteiger partial charge >= 0.3 is 0 Å². The van der Waals surface area contributed by atoms with Crippen LogP contribution in [-0.4, -0.2) is 12.9 Å². The van der Waals surface area contributed by atoms with E-state index in [9.17, 15) is 4.79 Å². The zero-order valence-electron chi connectivity index (χ0n) is 9.83. The van der Waals surface area contributed by atoms with Crippen molar-refractivity contribution in [3.05, 3.63) is 28.8 Å². The summed E-state index contributed by atoms with van der Waals surface area (Å²) in [5.74, 6) is 1.17. The minimum atomic E-state index is 0.361. The molecule has 0 N–H and O–H groups in total. The van der Waals surface area contributed by atoms with Gasteiger partial charge in [-0.1, -0.05) is 19.9 Å². The van der Waals surface area contributed by atoms with E-state index in [1.165, 1.54) is 0 Å². The van der Waals surface area contributed by atoms with Crippen LogP contribution in [0.3, 0.4) is 0 Å². The van der Waals surface area contributed by atoms with Gasteiger partial charge in [0.2, 0.25) is 0 Å². The van der Waals surface area contributed by atoms with E-state index < -0.39 is 0 Å². The van der Waals surface area contributed by atoms with Gasteiger partial charge in [-0.15, -0.1) is 0 Å². The fourth-order valence-corrected chi connectivity index (χ4v) is 1.64. The Balaban J connectivity index is 3.22. The smallest absolute Gasteiger partial charge is 0.150 e. The molecular weight excluding hydrogens is 188 g/mol. The van der Waals surface area contributed by atoms with Crippen LogP contribution in [0.4, 0.5) is 0 Å². The first-order valence-corrected chi connectivity index (χ1v) is 5.32. The third-order valence-corrected chi connectivity index (χ3v) is 2.43. The number of aryl methyl sites for hydroxylation is 1. The molecule has 0 radical (unpaired) electrons. The molecule has 0 fully saturated rings. The first-order valence-electron chi connectivity index (χ1n) is 5.32. The van der Waals surface area contributed by atoms with Gasteiger partial charge in [-0.05, 0) is 37.0 Å². The summed E-state index contributed by atoms with van der Waals surface area (Å²) in [5, 5.41) is 0. The van der Waals surface area contributed by atoms with Gasteiger partial charge in [0.05, 0.1) is 6.61 Å². The van der Waals surface area contributed by atoms with Crippen LogP contribution in [0.15, 0.2) is 12.1 Å². The zero-order valence-corrected chi connectivity index (χ0v) is 9.83. The number of carbonyl (C=O) groups is 1. The van der Waals surface area contributed by atoms with E-state index in [0.717, 1.165) is 28.7 Å². The molecule has 0 aromatic heterocycles. The van der Waals surface area contributed by atoms with Crippen LogP contribution >= 0.6 is 0 Å². The van der Waals surface area contributed by atoms with Crippen LogP contribution in [0.2, 0.25) is 0 Å². The third-order valence-electron chi connectivity index (χ3n) is 2.43. The Morgan fingerprint density at radius 2 is 2.07 bits per heavy atom. The monoisotopic (exact) mass is 206 g/mol. The first-order chi connectivity index (χ1) is 7.10. The van der Waals surface area contributed by atoms with Crippen LogP contribution in [0.25, 0.3) is 0 Å². The number of benzene rings is 1. The Bertz CT molecular complexity index is 354. The lowest BCUT2D eigenvalue weighted by Gasteiger charge is -2.13. The standard InChI is InChI=1S/C13H18O2/c1-5-15-13-7-11(8-14)12(9(2)3)6-10(13)4/h6-9H,5H2,1-4H3. The van der Waals surface area contributed by atoms with Crippen molar-refractivity contribution in [2.24, 2.45) is 0 Å². The topological polar surface area (TPSA) is 26.3 Å². The molecule has 0 saturated carbocycles. The molecule has 1 aromatic carbocycles. The lowest BCUT2D eigenvalue weighted by atomic mass is 9.95. The van der Waals surface area contributed by atoms with Crippen LogP contribution in [0.5, 0.6) is 5.75 Å². The quantitative estimate of drug-likeness (QED) is 0.706. The van der Waals surface area contributed by atoms with Gasteiger partial charge < -0.3 is 4.74 Å². The molecule has 0 bridgehead atoms. The molecule has 0 aliphatic rings. The Kier molecular flexibility index (Phi) is 3.89. The Labute approximate surface area is 91.3 Å². The molecular formula is C13H18O2. The van der Waals surface area contributed by atoms with Gasteiger partial charge in [0.15, 0.2) is 0 Å². The summed E-state index contributed by atoms with van der Waals surface area (Å²) in [4.78, 5) is 10.9. The number of hydrogen-bond acceptors (Lipinski definition) is 2. The molecule has 0 unspecified atom stereocenters. The van der Waals surface area contributed by atoms with Crippen LogP contribution in [0, 0.1) is 6.92 Å². The van der Waals surface area contributed by atoms with E-state index in [1.807, 2.05) is 26.0 Å². The summed E-state index contributed by atoms with van der Waals surface area (Å²) in [6, 6.07) is 3.88. The third kappa shape index (κ3) is 2.58. The molecule has 2 nitrogen and oxygen atoms in total. The van der Waals surface area contributed by atoms with Crippen molar-refractivity contribution in [2.45, 2.75) is 33.6 Å². The molecule has 1 aromatic rings. The van der Waals surface area contributed by atoms with Gasteiger partial charge in [-0.25, -0.2) is 0 Å². The first kappa shape index (κ1) is 11.8. The summed E-state index contributed by atoms with van der Waals surface area (Å²) in [6.07, 6.45) is 0.900. The highest BCUT2D eigenvalue weighted by Gasteiger charge is 2.10. The molecule has 0 amide bonds. The Morgan fingerprint density at radius 3 is 2.53 bits per heavy atom. The fraction of sp³-hybridized carbons (Fsp3) is 0.462. The van der Waals surface area contributed by atoms with E-state index in [2.05, 4.69) is 13.8 Å². The van der Waals surface area contributed by atoms with Gasteiger partial charge in [-0.2, -0.15) is 0 Å². The maximum atomic E-state index is 10.9. The van der Waals surface area contributed by atoms with Crippen LogP contribution < -0.4 is 4.74 Å². The molecule has 2 heteroatoms. The number of carbonyl (C=O) groups excluding carboxylic acids is 1. The second kappa shape index (κ2) is 4.96. The van der Waals surface area contributed by atoms with E-state index in [1.54, 1.807) is 0 Å². The Hall–Kier alpha value is -1.31. The van der Waals surface area contributed by atoms with Crippen molar-refractivity contribution < 1.29 is 9.53 Å². The minimum absolute atomic E-state index is 0.361. The maximum Gasteiger partial charge on any atom is 0.150 e. The summed E-state index contributed by atoms with van der Waals surface area (Å²) >= 11 is 0. The maximum absolute atomic E-state index is 10.9. The second-order valence-electron chi connectivity index (χ2n) is 3.95. The summed E-state index contributed by atoms with van der Waals surface area (Å²) in [7, 11) is 0. The van der Waals surface area contributed by atoms with Crippen molar-refractivity contribution in [3.8, 4) is 5.75 Å². The molecule has 0 aliphatic heterocycles. The van der Waals surface area contributed by atoms with E-state index in [-0.39, 0.29) is 0 Å².